The average Bonchev–Trinajstić information content (AvgIpc) is 2.87. The number of hydrogen-bond acceptors (Lipinski definition) is 2. The number of benzene rings is 2. The van der Waals surface area contributed by atoms with Crippen molar-refractivity contribution < 1.29 is 4.79 Å². The smallest absolute Gasteiger partial charge is 0.254 e. The predicted octanol–water partition coefficient (Wildman–Crippen LogP) is 3.83. The van der Waals surface area contributed by atoms with E-state index < -0.39 is 0 Å². The molecule has 0 saturated carbocycles. The van der Waals surface area contributed by atoms with Gasteiger partial charge in [-0.25, -0.2) is 0 Å². The van der Waals surface area contributed by atoms with Crippen LogP contribution < -0.4 is 5.73 Å². The molecular formula is C17H20BrClN2O. The van der Waals surface area contributed by atoms with Crippen LogP contribution >= 0.6 is 28.3 Å². The molecule has 2 unspecified atom stereocenters. The first kappa shape index (κ1) is 17.3. The molecule has 3 nitrogen and oxygen atoms in total. The van der Waals surface area contributed by atoms with E-state index in [0.717, 1.165) is 33.8 Å². The van der Waals surface area contributed by atoms with Crippen molar-refractivity contribution in [2.24, 2.45) is 11.7 Å². The zero-order valence-corrected chi connectivity index (χ0v) is 14.9. The molecule has 2 atom stereocenters. The van der Waals surface area contributed by atoms with Crippen LogP contribution in [-0.4, -0.2) is 29.9 Å². The standard InChI is InChI=1S/C17H19BrN2O.ClH/c1-11-6-12(9-19)10-20(11)17(21)15-3-2-14-8-16(18)5-4-13(14)7-15;/h2-5,7-8,11-12H,6,9-10,19H2,1H3;1H. The van der Waals surface area contributed by atoms with E-state index >= 15 is 0 Å². The Balaban J connectivity index is 0.00000176. The van der Waals surface area contributed by atoms with E-state index in [9.17, 15) is 4.79 Å². The summed E-state index contributed by atoms with van der Waals surface area (Å²) >= 11 is 3.47. The van der Waals surface area contributed by atoms with Crippen molar-refractivity contribution in [1.82, 2.24) is 4.90 Å². The number of rotatable bonds is 2. The van der Waals surface area contributed by atoms with E-state index in [-0.39, 0.29) is 24.4 Å². The minimum Gasteiger partial charge on any atom is -0.336 e. The summed E-state index contributed by atoms with van der Waals surface area (Å²) in [4.78, 5) is 14.7. The van der Waals surface area contributed by atoms with E-state index in [1.54, 1.807) is 0 Å². The van der Waals surface area contributed by atoms with Gasteiger partial charge in [-0.3, -0.25) is 4.79 Å². The third kappa shape index (κ3) is 3.29. The maximum absolute atomic E-state index is 12.7. The van der Waals surface area contributed by atoms with Crippen molar-refractivity contribution in [3.8, 4) is 0 Å². The second kappa shape index (κ2) is 6.99. The Hall–Kier alpha value is -1.10. The summed E-state index contributed by atoms with van der Waals surface area (Å²) in [7, 11) is 0. The minimum absolute atomic E-state index is 0. The van der Waals surface area contributed by atoms with Gasteiger partial charge in [0.15, 0.2) is 0 Å². The highest BCUT2D eigenvalue weighted by Crippen LogP contribution is 2.26. The number of fused-ring (bicyclic) bond motifs is 1. The van der Waals surface area contributed by atoms with Gasteiger partial charge in [0.1, 0.15) is 0 Å². The molecule has 22 heavy (non-hydrogen) atoms. The molecule has 1 saturated heterocycles. The molecule has 0 radical (unpaired) electrons. The number of halogens is 2. The zero-order chi connectivity index (χ0) is 15.0. The number of nitrogens with two attached hydrogens (primary N) is 1. The van der Waals surface area contributed by atoms with Gasteiger partial charge in [0.2, 0.25) is 0 Å². The lowest BCUT2D eigenvalue weighted by molar-refractivity contribution is 0.0743. The summed E-state index contributed by atoms with van der Waals surface area (Å²) < 4.78 is 1.05. The monoisotopic (exact) mass is 382 g/mol. The molecule has 5 heteroatoms. The van der Waals surface area contributed by atoms with Gasteiger partial charge in [-0.1, -0.05) is 28.1 Å². The lowest BCUT2D eigenvalue weighted by atomic mass is 10.1. The molecule has 1 heterocycles. The van der Waals surface area contributed by atoms with Crippen molar-refractivity contribution in [1.29, 1.82) is 0 Å². The van der Waals surface area contributed by atoms with Crippen LogP contribution in [0, 0.1) is 5.92 Å². The van der Waals surface area contributed by atoms with E-state index in [1.807, 2.05) is 35.2 Å². The maximum atomic E-state index is 12.7. The second-order valence-electron chi connectivity index (χ2n) is 5.85. The van der Waals surface area contributed by atoms with Gasteiger partial charge in [-0.15, -0.1) is 12.4 Å². The Kier molecular flexibility index (Phi) is 5.48. The van der Waals surface area contributed by atoms with Crippen molar-refractivity contribution in [3.05, 3.63) is 46.4 Å². The summed E-state index contributed by atoms with van der Waals surface area (Å²) in [5.74, 6) is 0.545. The van der Waals surface area contributed by atoms with Gasteiger partial charge in [0.25, 0.3) is 5.91 Å². The lowest BCUT2D eigenvalue weighted by Crippen LogP contribution is -2.34. The molecule has 1 aliphatic rings. The third-order valence-corrected chi connectivity index (χ3v) is 4.80. The lowest BCUT2D eigenvalue weighted by Gasteiger charge is -2.21. The van der Waals surface area contributed by atoms with E-state index in [4.69, 9.17) is 5.73 Å². The molecule has 0 spiro atoms. The van der Waals surface area contributed by atoms with Crippen molar-refractivity contribution in [3.63, 3.8) is 0 Å². The number of carbonyl (C=O) groups is 1. The highest BCUT2D eigenvalue weighted by molar-refractivity contribution is 9.10. The van der Waals surface area contributed by atoms with E-state index in [1.165, 1.54) is 0 Å². The van der Waals surface area contributed by atoms with Crippen LogP contribution in [-0.2, 0) is 0 Å². The summed E-state index contributed by atoms with van der Waals surface area (Å²) in [6, 6.07) is 12.3. The summed E-state index contributed by atoms with van der Waals surface area (Å²) in [5, 5.41) is 2.22. The Morgan fingerprint density at radius 3 is 2.64 bits per heavy atom. The first-order chi connectivity index (χ1) is 10.1. The number of hydrogen-bond donors (Lipinski definition) is 1. The molecule has 2 N–H and O–H groups in total. The van der Waals surface area contributed by atoms with Crippen LogP contribution in [0.15, 0.2) is 40.9 Å². The van der Waals surface area contributed by atoms with Gasteiger partial charge in [0, 0.05) is 22.6 Å². The van der Waals surface area contributed by atoms with Crippen LogP contribution in [0.2, 0.25) is 0 Å². The molecule has 1 aliphatic heterocycles. The molecule has 2 aromatic rings. The Morgan fingerprint density at radius 2 is 1.95 bits per heavy atom. The first-order valence-electron chi connectivity index (χ1n) is 7.29. The van der Waals surface area contributed by atoms with E-state index in [0.29, 0.717) is 12.5 Å². The Labute approximate surface area is 145 Å². The maximum Gasteiger partial charge on any atom is 0.254 e. The van der Waals surface area contributed by atoms with Crippen LogP contribution in [0.1, 0.15) is 23.7 Å². The molecule has 3 rings (SSSR count). The minimum atomic E-state index is 0. The van der Waals surface area contributed by atoms with Crippen molar-refractivity contribution in [2.75, 3.05) is 13.1 Å². The summed E-state index contributed by atoms with van der Waals surface area (Å²) in [6.07, 6.45) is 1.00. The zero-order valence-electron chi connectivity index (χ0n) is 12.5. The number of carbonyl (C=O) groups excluding carboxylic acids is 1. The quantitative estimate of drug-likeness (QED) is 0.856. The van der Waals surface area contributed by atoms with E-state index in [2.05, 4.69) is 28.9 Å². The highest BCUT2D eigenvalue weighted by atomic mass is 79.9. The van der Waals surface area contributed by atoms with Crippen LogP contribution in [0.3, 0.4) is 0 Å². The number of amides is 1. The first-order valence-corrected chi connectivity index (χ1v) is 8.08. The van der Waals surface area contributed by atoms with Gasteiger partial charge < -0.3 is 10.6 Å². The van der Waals surface area contributed by atoms with Crippen LogP contribution in [0.4, 0.5) is 0 Å². The SMILES string of the molecule is CC1CC(CN)CN1C(=O)c1ccc2cc(Br)ccc2c1.Cl. The fourth-order valence-electron chi connectivity index (χ4n) is 3.11. The number of likely N-dealkylation sites (tertiary alicyclic amines) is 1. The molecule has 1 fully saturated rings. The summed E-state index contributed by atoms with van der Waals surface area (Å²) in [5.41, 5.74) is 6.50. The molecule has 2 aromatic carbocycles. The van der Waals surface area contributed by atoms with Crippen LogP contribution in [0.5, 0.6) is 0 Å². The molecule has 0 aromatic heterocycles. The highest BCUT2D eigenvalue weighted by Gasteiger charge is 2.32. The molecule has 1 amide bonds. The van der Waals surface area contributed by atoms with Crippen molar-refractivity contribution >= 4 is 45.0 Å². The second-order valence-corrected chi connectivity index (χ2v) is 6.77. The Morgan fingerprint density at radius 1 is 1.27 bits per heavy atom. The largest absolute Gasteiger partial charge is 0.336 e. The van der Waals surface area contributed by atoms with Crippen LogP contribution in [0.25, 0.3) is 10.8 Å². The fraction of sp³-hybridized carbons (Fsp3) is 0.353. The normalized spacial score (nSPS) is 21.0. The molecular weight excluding hydrogens is 364 g/mol. The predicted molar refractivity (Wildman–Crippen MR) is 96.6 cm³/mol. The van der Waals surface area contributed by atoms with Crippen molar-refractivity contribution in [2.45, 2.75) is 19.4 Å². The average molecular weight is 384 g/mol. The molecule has 0 aliphatic carbocycles. The summed E-state index contributed by atoms with van der Waals surface area (Å²) in [6.45, 7) is 3.53. The number of nitrogens with zero attached hydrogens (tertiary/aromatic N) is 1. The topological polar surface area (TPSA) is 46.3 Å². The molecule has 118 valence electrons. The Bertz CT molecular complexity index is 691. The van der Waals surface area contributed by atoms with Gasteiger partial charge in [-0.2, -0.15) is 0 Å². The molecule has 0 bridgehead atoms. The third-order valence-electron chi connectivity index (χ3n) is 4.30. The fourth-order valence-corrected chi connectivity index (χ4v) is 3.49. The van der Waals surface area contributed by atoms with Gasteiger partial charge in [0.05, 0.1) is 0 Å². The van der Waals surface area contributed by atoms with Gasteiger partial charge >= 0.3 is 0 Å². The van der Waals surface area contributed by atoms with Gasteiger partial charge in [-0.05, 0) is 60.8 Å².